The Labute approximate surface area is 144 Å². The number of amides is 2. The molecule has 0 bridgehead atoms. The molecule has 0 unspecified atom stereocenters. The number of thiocarbonyl (C=S) groups is 1. The molecular weight excluding hydrogens is 332 g/mol. The summed E-state index contributed by atoms with van der Waals surface area (Å²) in [6.45, 7) is 0. The number of carbonyl (C=O) groups excluding carboxylic acids is 2. The van der Waals surface area contributed by atoms with Gasteiger partial charge in [-0.05, 0) is 48.5 Å². The lowest BCUT2D eigenvalue weighted by molar-refractivity contribution is 0.0992. The van der Waals surface area contributed by atoms with E-state index in [2.05, 4.69) is 30.2 Å². The van der Waals surface area contributed by atoms with Crippen molar-refractivity contribution >= 4 is 52.4 Å². The van der Waals surface area contributed by atoms with E-state index in [1.54, 1.807) is 48.5 Å². The van der Waals surface area contributed by atoms with Gasteiger partial charge in [0.25, 0.3) is 0 Å². The minimum absolute atomic E-state index is 0.270. The van der Waals surface area contributed by atoms with Crippen LogP contribution in [-0.4, -0.2) is 16.1 Å². The van der Waals surface area contributed by atoms with Gasteiger partial charge in [-0.2, -0.15) is 0 Å². The Balaban J connectivity index is 0.000000238. The molecule has 2 amide bonds. The van der Waals surface area contributed by atoms with Crippen LogP contribution in [0.15, 0.2) is 48.5 Å². The smallest absolute Gasteiger partial charge is 0.248 e. The van der Waals surface area contributed by atoms with Gasteiger partial charge in [-0.15, -0.1) is 0 Å². The SMILES string of the molecule is NC(=O)c1ccc(N)cc1.NC(=O)c1ccc(NC(=S)[S-])cc1. The van der Waals surface area contributed by atoms with Crippen LogP contribution in [0.4, 0.5) is 11.4 Å². The minimum Gasteiger partial charge on any atom is -0.411 e. The Morgan fingerprint density at radius 2 is 1.26 bits per heavy atom. The molecular formula is C15H15N4O2S2-. The van der Waals surface area contributed by atoms with Crippen LogP contribution in [0, 0.1) is 0 Å². The van der Waals surface area contributed by atoms with E-state index in [9.17, 15) is 9.59 Å². The molecule has 0 heterocycles. The molecule has 7 N–H and O–H groups in total. The maximum atomic E-state index is 10.7. The summed E-state index contributed by atoms with van der Waals surface area (Å²) in [6, 6.07) is 13.1. The summed E-state index contributed by atoms with van der Waals surface area (Å²) in [7, 11) is 0. The van der Waals surface area contributed by atoms with Gasteiger partial charge in [0, 0.05) is 22.5 Å². The molecule has 0 saturated carbocycles. The van der Waals surface area contributed by atoms with Gasteiger partial charge in [-0.1, -0.05) is 4.32 Å². The molecule has 6 nitrogen and oxygen atoms in total. The highest BCUT2D eigenvalue weighted by atomic mass is 32.1. The van der Waals surface area contributed by atoms with Gasteiger partial charge in [-0.25, -0.2) is 0 Å². The highest BCUT2D eigenvalue weighted by molar-refractivity contribution is 8.00. The third-order valence-corrected chi connectivity index (χ3v) is 2.82. The highest BCUT2D eigenvalue weighted by Gasteiger charge is 1.98. The summed E-state index contributed by atoms with van der Waals surface area (Å²) >= 11 is 9.35. The molecule has 0 aliphatic rings. The van der Waals surface area contributed by atoms with E-state index in [0.717, 1.165) is 5.69 Å². The standard InChI is InChI=1S/C8H8N2OS2.C7H8N2O/c9-7(11)5-1-3-6(4-2-5)10-8(12)13;8-6-3-1-5(2-4-6)7(9)10/h1-4H,(H2,9,11)(H2,10,12,13);1-4H,8H2,(H2,9,10)/p-1. The Kier molecular flexibility index (Phi) is 6.91. The largest absolute Gasteiger partial charge is 0.411 e. The van der Waals surface area contributed by atoms with Crippen LogP contribution in [-0.2, 0) is 12.6 Å². The number of benzene rings is 2. The maximum Gasteiger partial charge on any atom is 0.248 e. The first-order valence-electron chi connectivity index (χ1n) is 6.33. The van der Waals surface area contributed by atoms with Crippen LogP contribution in [0.3, 0.4) is 0 Å². The monoisotopic (exact) mass is 347 g/mol. The first-order chi connectivity index (χ1) is 10.8. The molecule has 23 heavy (non-hydrogen) atoms. The molecule has 2 rings (SSSR count). The number of carbonyl (C=O) groups is 2. The van der Waals surface area contributed by atoms with Crippen LogP contribution in [0.25, 0.3) is 0 Å². The lowest BCUT2D eigenvalue weighted by Crippen LogP contribution is -2.11. The summed E-state index contributed by atoms with van der Waals surface area (Å²) in [5, 5.41) is 2.77. The Bertz CT molecular complexity index is 700. The average Bonchev–Trinajstić information content (AvgIpc) is 2.48. The van der Waals surface area contributed by atoms with E-state index in [-0.39, 0.29) is 4.32 Å². The lowest BCUT2D eigenvalue weighted by atomic mass is 10.2. The van der Waals surface area contributed by atoms with Gasteiger partial charge < -0.3 is 47.4 Å². The van der Waals surface area contributed by atoms with Crippen LogP contribution in [0.5, 0.6) is 0 Å². The van der Waals surface area contributed by atoms with Gasteiger partial charge in [0.05, 0.1) is 0 Å². The lowest BCUT2D eigenvalue weighted by Gasteiger charge is -2.09. The van der Waals surface area contributed by atoms with E-state index in [1.807, 2.05) is 0 Å². The second-order valence-corrected chi connectivity index (χ2v) is 5.42. The topological polar surface area (TPSA) is 124 Å². The van der Waals surface area contributed by atoms with E-state index in [4.69, 9.17) is 17.2 Å². The number of primary amides is 2. The fraction of sp³-hybridized carbons (Fsp3) is 0. The van der Waals surface area contributed by atoms with Gasteiger partial charge in [0.2, 0.25) is 11.8 Å². The number of hydrogen-bond acceptors (Lipinski definition) is 5. The molecule has 2 aromatic rings. The fourth-order valence-electron chi connectivity index (χ4n) is 1.48. The Hall–Kier alpha value is -2.71. The number of nitrogens with one attached hydrogen (secondary N) is 1. The summed E-state index contributed by atoms with van der Waals surface area (Å²) in [4.78, 5) is 21.2. The zero-order chi connectivity index (χ0) is 17.4. The second kappa shape index (κ2) is 8.66. The molecule has 120 valence electrons. The van der Waals surface area contributed by atoms with Crippen molar-refractivity contribution in [2.45, 2.75) is 0 Å². The number of nitrogen functional groups attached to an aromatic ring is 1. The third-order valence-electron chi connectivity index (χ3n) is 2.61. The normalized spacial score (nSPS) is 9.22. The number of rotatable bonds is 3. The molecule has 0 fully saturated rings. The van der Waals surface area contributed by atoms with Crippen LogP contribution >= 0.6 is 12.2 Å². The summed E-state index contributed by atoms with van der Waals surface area (Å²) < 4.78 is 0.270. The molecule has 0 aliphatic carbocycles. The van der Waals surface area contributed by atoms with Crippen molar-refractivity contribution in [1.82, 2.24) is 0 Å². The first-order valence-corrected chi connectivity index (χ1v) is 7.14. The zero-order valence-corrected chi connectivity index (χ0v) is 13.6. The molecule has 0 aromatic heterocycles. The molecule has 0 aliphatic heterocycles. The molecule has 0 atom stereocenters. The molecule has 8 heteroatoms. The van der Waals surface area contributed by atoms with E-state index in [1.165, 1.54) is 0 Å². The fourth-order valence-corrected chi connectivity index (χ4v) is 1.72. The van der Waals surface area contributed by atoms with Crippen molar-refractivity contribution in [2.75, 3.05) is 11.1 Å². The zero-order valence-electron chi connectivity index (χ0n) is 12.0. The molecule has 0 radical (unpaired) electrons. The van der Waals surface area contributed by atoms with Crippen molar-refractivity contribution in [1.29, 1.82) is 0 Å². The maximum absolute atomic E-state index is 10.7. The van der Waals surface area contributed by atoms with E-state index >= 15 is 0 Å². The summed E-state index contributed by atoms with van der Waals surface area (Å²) in [6.07, 6.45) is 0. The van der Waals surface area contributed by atoms with Gasteiger partial charge >= 0.3 is 0 Å². The quantitative estimate of drug-likeness (QED) is 0.378. The third kappa shape index (κ3) is 6.72. The van der Waals surface area contributed by atoms with Crippen LogP contribution in [0.1, 0.15) is 20.7 Å². The Morgan fingerprint density at radius 1 is 0.870 bits per heavy atom. The van der Waals surface area contributed by atoms with Gasteiger partial charge in [0.15, 0.2) is 0 Å². The number of hydrogen-bond donors (Lipinski definition) is 4. The molecule has 0 saturated heterocycles. The van der Waals surface area contributed by atoms with E-state index in [0.29, 0.717) is 16.8 Å². The minimum atomic E-state index is -0.451. The van der Waals surface area contributed by atoms with Crippen molar-refractivity contribution in [2.24, 2.45) is 11.5 Å². The van der Waals surface area contributed by atoms with Crippen LogP contribution < -0.4 is 22.5 Å². The Morgan fingerprint density at radius 3 is 1.61 bits per heavy atom. The predicted molar refractivity (Wildman–Crippen MR) is 97.9 cm³/mol. The first kappa shape index (κ1) is 18.3. The second-order valence-electron chi connectivity index (χ2n) is 4.34. The van der Waals surface area contributed by atoms with Gasteiger partial charge in [-0.3, -0.25) is 9.59 Å². The van der Waals surface area contributed by atoms with Crippen molar-refractivity contribution in [3.63, 3.8) is 0 Å². The summed E-state index contributed by atoms with van der Waals surface area (Å²) in [5.74, 6) is -0.882. The highest BCUT2D eigenvalue weighted by Crippen LogP contribution is 2.08. The van der Waals surface area contributed by atoms with E-state index < -0.39 is 11.8 Å². The predicted octanol–water partition coefficient (Wildman–Crippen LogP) is 1.40. The molecule has 2 aromatic carbocycles. The van der Waals surface area contributed by atoms with Crippen LogP contribution in [0.2, 0.25) is 0 Å². The summed E-state index contributed by atoms with van der Waals surface area (Å²) in [5.41, 5.74) is 17.7. The van der Waals surface area contributed by atoms with Gasteiger partial charge in [0.1, 0.15) is 0 Å². The van der Waals surface area contributed by atoms with Crippen molar-refractivity contribution < 1.29 is 9.59 Å². The molecule has 0 spiro atoms. The average molecular weight is 347 g/mol. The number of nitrogens with two attached hydrogens (primary N) is 3. The van der Waals surface area contributed by atoms with Crippen molar-refractivity contribution in [3.05, 3.63) is 59.7 Å². The van der Waals surface area contributed by atoms with Crippen molar-refractivity contribution in [3.8, 4) is 0 Å². The number of anilines is 2.